The van der Waals surface area contributed by atoms with Crippen LogP contribution in [0.3, 0.4) is 0 Å². The maximum absolute atomic E-state index is 11.1. The molecule has 1 atom stereocenters. The minimum atomic E-state index is -0.929. The molecule has 1 aromatic heterocycles. The van der Waals surface area contributed by atoms with Crippen molar-refractivity contribution in [3.8, 4) is 5.95 Å². The fourth-order valence-corrected chi connectivity index (χ4v) is 0.694. The van der Waals surface area contributed by atoms with Gasteiger partial charge < -0.3 is 18.7 Å². The topological polar surface area (TPSA) is 89.9 Å². The molecule has 0 spiro atoms. The summed E-state index contributed by atoms with van der Waals surface area (Å²) in [5.41, 5.74) is 0. The van der Waals surface area contributed by atoms with E-state index in [1.165, 1.54) is 13.8 Å². The molecule has 6 heteroatoms. The van der Waals surface area contributed by atoms with Crippen LogP contribution in [-0.2, 0) is 4.79 Å². The summed E-state index contributed by atoms with van der Waals surface area (Å²) in [6, 6.07) is 0. The van der Waals surface area contributed by atoms with Crippen LogP contribution in [0.5, 0.6) is 5.95 Å². The van der Waals surface area contributed by atoms with Gasteiger partial charge in [-0.15, -0.1) is 0 Å². The monoisotopic (exact) mass is 202 g/mol. The van der Waals surface area contributed by atoms with E-state index in [-0.39, 0.29) is 18.3 Å². The van der Waals surface area contributed by atoms with Gasteiger partial charge in [-0.1, -0.05) is 0 Å². The molecule has 0 saturated heterocycles. The highest BCUT2D eigenvalue weighted by atomic mass is 16.7. The molecule has 1 aromatic rings. The highest BCUT2D eigenvalue weighted by Gasteiger charge is 2.19. The quantitative estimate of drug-likeness (QED) is 0.698. The van der Waals surface area contributed by atoms with Gasteiger partial charge in [-0.25, -0.2) is 4.79 Å². The fourth-order valence-electron chi connectivity index (χ4n) is 0.694. The van der Waals surface area contributed by atoms with Crippen molar-refractivity contribution >= 4 is 5.97 Å². The third kappa shape index (κ3) is 2.23. The maximum atomic E-state index is 11.1. The molecule has 0 radical (unpaired) electrons. The van der Waals surface area contributed by atoms with Crippen LogP contribution in [0.15, 0.2) is 13.6 Å². The number of aliphatic hydroxyl groups excluding tert-OH is 1. The molecule has 0 aromatic carbocycles. The minimum absolute atomic E-state index is 0.0912. The lowest BCUT2D eigenvalue weighted by Crippen LogP contribution is -2.20. The first-order chi connectivity index (χ1) is 6.54. The molecule has 0 saturated carbocycles. The molecule has 1 unspecified atom stereocenters. The van der Waals surface area contributed by atoms with Gasteiger partial charge in [-0.05, 0) is 6.92 Å². The molecule has 1 N–H and O–H groups in total. The van der Waals surface area contributed by atoms with E-state index in [2.05, 4.69) is 13.6 Å². The molecule has 78 valence electrons. The average Bonchev–Trinajstić information content (AvgIpc) is 2.44. The van der Waals surface area contributed by atoms with Crippen LogP contribution in [0.2, 0.25) is 0 Å². The predicted molar refractivity (Wildman–Crippen MR) is 43.9 cm³/mol. The van der Waals surface area contributed by atoms with E-state index in [1.54, 1.807) is 0 Å². The van der Waals surface area contributed by atoms with E-state index < -0.39 is 17.7 Å². The zero-order valence-electron chi connectivity index (χ0n) is 7.77. The fraction of sp³-hybridized carbons (Fsp3) is 0.500. The van der Waals surface area contributed by atoms with E-state index in [0.717, 1.165) is 0 Å². The summed E-state index contributed by atoms with van der Waals surface area (Å²) >= 11 is 0. The Hall–Kier alpha value is -1.56. The van der Waals surface area contributed by atoms with Gasteiger partial charge in [0.2, 0.25) is 0 Å². The van der Waals surface area contributed by atoms with E-state index in [4.69, 9.17) is 5.11 Å². The predicted octanol–water partition coefficient (Wildman–Crippen LogP) is 0.0750. The Kier molecular flexibility index (Phi) is 3.08. The van der Waals surface area contributed by atoms with Gasteiger partial charge in [0.05, 0.1) is 12.5 Å². The standard InChI is InChI=1S/C8H10O6/c1-4(3-9)6(10)13-7-5(2)12-8(11)14-7/h4,9H,3H2,1-2H3. The van der Waals surface area contributed by atoms with E-state index in [1.807, 2.05) is 0 Å². The van der Waals surface area contributed by atoms with Gasteiger partial charge in [0.15, 0.2) is 5.76 Å². The van der Waals surface area contributed by atoms with E-state index >= 15 is 0 Å². The van der Waals surface area contributed by atoms with Crippen molar-refractivity contribution in [2.75, 3.05) is 6.61 Å². The number of aliphatic hydroxyl groups is 1. The van der Waals surface area contributed by atoms with Crippen LogP contribution in [0.1, 0.15) is 12.7 Å². The summed E-state index contributed by atoms with van der Waals surface area (Å²) in [4.78, 5) is 21.7. The summed E-state index contributed by atoms with van der Waals surface area (Å²) in [5, 5.41) is 8.64. The number of carbonyl (C=O) groups excluding carboxylic acids is 1. The molecule has 0 aliphatic rings. The lowest BCUT2D eigenvalue weighted by atomic mass is 10.2. The molecule has 1 rings (SSSR count). The van der Waals surface area contributed by atoms with Gasteiger partial charge >= 0.3 is 17.7 Å². The summed E-state index contributed by atoms with van der Waals surface area (Å²) in [5.74, 6) is -2.45. The molecular formula is C8H10O6. The lowest BCUT2D eigenvalue weighted by Gasteiger charge is -2.04. The second-order valence-electron chi connectivity index (χ2n) is 2.80. The van der Waals surface area contributed by atoms with Crippen molar-refractivity contribution < 1.29 is 23.5 Å². The molecule has 0 aliphatic heterocycles. The summed E-state index contributed by atoms with van der Waals surface area (Å²) in [6.07, 6.45) is 0. The van der Waals surface area contributed by atoms with Crippen LogP contribution in [-0.4, -0.2) is 17.7 Å². The van der Waals surface area contributed by atoms with Gasteiger partial charge in [-0.3, -0.25) is 4.79 Å². The van der Waals surface area contributed by atoms with Crippen molar-refractivity contribution in [3.05, 3.63) is 16.4 Å². The van der Waals surface area contributed by atoms with E-state index in [0.29, 0.717) is 0 Å². The Morgan fingerprint density at radius 2 is 2.21 bits per heavy atom. The first-order valence-electron chi connectivity index (χ1n) is 3.97. The maximum Gasteiger partial charge on any atom is 0.521 e. The number of aryl methyl sites for hydroxylation is 1. The van der Waals surface area contributed by atoms with Gasteiger partial charge in [-0.2, -0.15) is 0 Å². The molecule has 6 nitrogen and oxygen atoms in total. The third-order valence-electron chi connectivity index (χ3n) is 1.57. The average molecular weight is 202 g/mol. The Labute approximate surface area is 79.1 Å². The first kappa shape index (κ1) is 10.5. The van der Waals surface area contributed by atoms with Crippen LogP contribution in [0, 0.1) is 12.8 Å². The zero-order valence-corrected chi connectivity index (χ0v) is 7.77. The molecule has 0 bridgehead atoms. The minimum Gasteiger partial charge on any atom is -0.395 e. The zero-order chi connectivity index (χ0) is 10.7. The normalized spacial score (nSPS) is 12.5. The van der Waals surface area contributed by atoms with Crippen LogP contribution in [0.4, 0.5) is 0 Å². The molecule has 14 heavy (non-hydrogen) atoms. The molecule has 1 heterocycles. The Balaban J connectivity index is 2.74. The van der Waals surface area contributed by atoms with Crippen LogP contribution in [0.25, 0.3) is 0 Å². The van der Waals surface area contributed by atoms with Crippen LogP contribution < -0.4 is 10.6 Å². The molecule has 0 fully saturated rings. The van der Waals surface area contributed by atoms with Crippen LogP contribution >= 0.6 is 0 Å². The lowest BCUT2D eigenvalue weighted by molar-refractivity contribution is -0.140. The third-order valence-corrected chi connectivity index (χ3v) is 1.57. The number of ether oxygens (including phenoxy) is 1. The number of hydrogen-bond donors (Lipinski definition) is 1. The van der Waals surface area contributed by atoms with E-state index in [9.17, 15) is 9.59 Å². The number of carbonyl (C=O) groups is 1. The second kappa shape index (κ2) is 4.10. The summed E-state index contributed by atoms with van der Waals surface area (Å²) in [6.45, 7) is 2.58. The van der Waals surface area contributed by atoms with Crippen molar-refractivity contribution in [3.63, 3.8) is 0 Å². The summed E-state index contributed by atoms with van der Waals surface area (Å²) < 4.78 is 13.6. The summed E-state index contributed by atoms with van der Waals surface area (Å²) in [7, 11) is 0. The number of esters is 1. The van der Waals surface area contributed by atoms with Gasteiger partial charge in [0.25, 0.3) is 0 Å². The first-order valence-corrected chi connectivity index (χ1v) is 3.97. The number of hydrogen-bond acceptors (Lipinski definition) is 6. The van der Waals surface area contributed by atoms with Gasteiger partial charge in [0, 0.05) is 6.92 Å². The Bertz CT molecular complexity index is 373. The van der Waals surface area contributed by atoms with Gasteiger partial charge in [0.1, 0.15) is 0 Å². The SMILES string of the molecule is Cc1oc(=O)oc1OC(=O)C(C)CO. The molecule has 0 amide bonds. The smallest absolute Gasteiger partial charge is 0.395 e. The number of rotatable bonds is 3. The molecular weight excluding hydrogens is 192 g/mol. The van der Waals surface area contributed by atoms with Crippen molar-refractivity contribution in [2.24, 2.45) is 5.92 Å². The van der Waals surface area contributed by atoms with Crippen molar-refractivity contribution in [1.29, 1.82) is 0 Å². The Morgan fingerprint density at radius 1 is 1.57 bits per heavy atom. The molecule has 0 aliphatic carbocycles. The highest BCUT2D eigenvalue weighted by molar-refractivity contribution is 5.74. The highest BCUT2D eigenvalue weighted by Crippen LogP contribution is 2.16. The largest absolute Gasteiger partial charge is 0.521 e. The second-order valence-corrected chi connectivity index (χ2v) is 2.80. The Morgan fingerprint density at radius 3 is 2.64 bits per heavy atom. The van der Waals surface area contributed by atoms with Crippen molar-refractivity contribution in [2.45, 2.75) is 13.8 Å². The van der Waals surface area contributed by atoms with Crippen molar-refractivity contribution in [1.82, 2.24) is 0 Å².